The summed E-state index contributed by atoms with van der Waals surface area (Å²) in [6.45, 7) is 1.44. The van der Waals surface area contributed by atoms with E-state index in [0.29, 0.717) is 5.02 Å². The molecule has 0 aliphatic carbocycles. The van der Waals surface area contributed by atoms with Crippen molar-refractivity contribution in [2.24, 2.45) is 0 Å². The van der Waals surface area contributed by atoms with Crippen LogP contribution < -0.4 is 10.6 Å². The van der Waals surface area contributed by atoms with Gasteiger partial charge in [-0.1, -0.05) is 29.8 Å². The first-order valence-electron chi connectivity index (χ1n) is 7.67. The first-order valence-corrected chi connectivity index (χ1v) is 8.05. The summed E-state index contributed by atoms with van der Waals surface area (Å²) in [6, 6.07) is 10.4. The minimum absolute atomic E-state index is 0.0324. The van der Waals surface area contributed by atoms with Crippen LogP contribution in [0.25, 0.3) is 0 Å². The zero-order valence-corrected chi connectivity index (χ0v) is 14.5. The number of nitrogens with one attached hydrogen (secondary N) is 2. The Morgan fingerprint density at radius 2 is 1.69 bits per heavy atom. The van der Waals surface area contributed by atoms with Crippen LogP contribution in [0, 0.1) is 0 Å². The van der Waals surface area contributed by atoms with Crippen molar-refractivity contribution in [3.05, 3.63) is 70.2 Å². The zero-order chi connectivity index (χ0) is 19.3. The van der Waals surface area contributed by atoms with E-state index in [4.69, 9.17) is 11.6 Å². The molecule has 2 aromatic rings. The fraction of sp³-hybridized carbons (Fsp3) is 0.222. The normalized spacial score (nSPS) is 12.3. The van der Waals surface area contributed by atoms with Crippen LogP contribution in [0.3, 0.4) is 0 Å². The second-order valence-electron chi connectivity index (χ2n) is 5.57. The Labute approximate surface area is 153 Å². The predicted octanol–water partition coefficient (Wildman–Crippen LogP) is 3.97. The third-order valence-corrected chi connectivity index (χ3v) is 3.98. The molecule has 0 saturated carbocycles. The monoisotopic (exact) mass is 384 g/mol. The lowest BCUT2D eigenvalue weighted by Crippen LogP contribution is -2.38. The van der Waals surface area contributed by atoms with Crippen molar-refractivity contribution in [3.63, 3.8) is 0 Å². The zero-order valence-electron chi connectivity index (χ0n) is 13.7. The molecule has 8 heteroatoms. The molecule has 0 spiro atoms. The quantitative estimate of drug-likeness (QED) is 0.819. The number of carbonyl (C=O) groups excluding carboxylic acids is 2. The lowest BCUT2D eigenvalue weighted by molar-refractivity contribution is -0.137. The summed E-state index contributed by atoms with van der Waals surface area (Å²) < 4.78 is 37.5. The van der Waals surface area contributed by atoms with Crippen LogP contribution in [-0.4, -0.2) is 18.4 Å². The number of carbonyl (C=O) groups is 2. The van der Waals surface area contributed by atoms with Crippen LogP contribution in [0.15, 0.2) is 48.5 Å². The van der Waals surface area contributed by atoms with E-state index in [-0.39, 0.29) is 18.2 Å². The molecule has 0 aliphatic rings. The van der Waals surface area contributed by atoms with Gasteiger partial charge in [-0.25, -0.2) is 0 Å². The Kier molecular flexibility index (Phi) is 6.26. The molecule has 0 aromatic heterocycles. The van der Waals surface area contributed by atoms with Gasteiger partial charge in [-0.15, -0.1) is 0 Å². The van der Waals surface area contributed by atoms with Crippen molar-refractivity contribution in [1.82, 2.24) is 10.6 Å². The molecule has 2 aromatic carbocycles. The second kappa shape index (κ2) is 8.23. The summed E-state index contributed by atoms with van der Waals surface area (Å²) in [5.74, 6) is -1.09. The van der Waals surface area contributed by atoms with Gasteiger partial charge in [-0.05, 0) is 42.8 Å². The molecule has 2 amide bonds. The average molecular weight is 385 g/mol. The Bertz CT molecular complexity index is 792. The van der Waals surface area contributed by atoms with Crippen molar-refractivity contribution >= 4 is 23.4 Å². The largest absolute Gasteiger partial charge is 0.416 e. The van der Waals surface area contributed by atoms with Crippen molar-refractivity contribution in [3.8, 4) is 0 Å². The molecule has 0 bridgehead atoms. The highest BCUT2D eigenvalue weighted by Gasteiger charge is 2.30. The van der Waals surface area contributed by atoms with E-state index in [0.717, 1.165) is 29.8 Å². The van der Waals surface area contributed by atoms with E-state index in [9.17, 15) is 22.8 Å². The van der Waals surface area contributed by atoms with Gasteiger partial charge in [-0.3, -0.25) is 9.59 Å². The van der Waals surface area contributed by atoms with Crippen LogP contribution >= 0.6 is 11.6 Å². The number of amides is 2. The number of halogens is 4. The smallest absolute Gasteiger partial charge is 0.348 e. The molecule has 0 radical (unpaired) electrons. The van der Waals surface area contributed by atoms with Crippen LogP contribution in [0.2, 0.25) is 5.02 Å². The Morgan fingerprint density at radius 1 is 1.08 bits per heavy atom. The first-order chi connectivity index (χ1) is 12.2. The van der Waals surface area contributed by atoms with Crippen LogP contribution in [0.5, 0.6) is 0 Å². The maximum atomic E-state index is 12.5. The van der Waals surface area contributed by atoms with Gasteiger partial charge < -0.3 is 10.6 Å². The molecule has 0 fully saturated rings. The third-order valence-electron chi connectivity index (χ3n) is 3.63. The van der Waals surface area contributed by atoms with Gasteiger partial charge in [-0.2, -0.15) is 13.2 Å². The fourth-order valence-electron chi connectivity index (χ4n) is 2.27. The molecule has 1 atom stereocenters. The summed E-state index contributed by atoms with van der Waals surface area (Å²) >= 11 is 6.05. The molecule has 1 unspecified atom stereocenters. The molecule has 0 saturated heterocycles. The highest BCUT2D eigenvalue weighted by atomic mass is 35.5. The van der Waals surface area contributed by atoms with E-state index in [1.165, 1.54) is 0 Å². The van der Waals surface area contributed by atoms with Crippen LogP contribution in [0.1, 0.15) is 34.5 Å². The minimum Gasteiger partial charge on any atom is -0.348 e. The standard InChI is InChI=1S/C18H16ClF3N2O2/c1-11(14-4-2-3-5-15(14)19)24-16(25)10-23-17(26)12-6-8-13(9-7-12)18(20,21)22/h2-9,11H,10H2,1H3,(H,23,26)(H,24,25). The van der Waals surface area contributed by atoms with Gasteiger partial charge in [0.25, 0.3) is 5.91 Å². The maximum Gasteiger partial charge on any atom is 0.416 e. The molecule has 2 rings (SSSR count). The number of hydrogen-bond donors (Lipinski definition) is 2. The summed E-state index contributed by atoms with van der Waals surface area (Å²) in [5, 5.41) is 5.56. The number of hydrogen-bond acceptors (Lipinski definition) is 2. The Balaban J connectivity index is 1.89. The highest BCUT2D eigenvalue weighted by Crippen LogP contribution is 2.29. The van der Waals surface area contributed by atoms with Gasteiger partial charge in [0.15, 0.2) is 0 Å². The van der Waals surface area contributed by atoms with E-state index in [1.54, 1.807) is 31.2 Å². The predicted molar refractivity (Wildman–Crippen MR) is 91.8 cm³/mol. The molecule has 2 N–H and O–H groups in total. The van der Waals surface area contributed by atoms with Gasteiger partial charge in [0.2, 0.25) is 5.91 Å². The molecular weight excluding hydrogens is 369 g/mol. The van der Waals surface area contributed by atoms with Crippen molar-refractivity contribution < 1.29 is 22.8 Å². The van der Waals surface area contributed by atoms with Gasteiger partial charge in [0.1, 0.15) is 0 Å². The van der Waals surface area contributed by atoms with E-state index in [1.807, 2.05) is 0 Å². The van der Waals surface area contributed by atoms with Crippen LogP contribution in [-0.2, 0) is 11.0 Å². The number of alkyl halides is 3. The summed E-state index contributed by atoms with van der Waals surface area (Å²) in [7, 11) is 0. The van der Waals surface area contributed by atoms with Crippen molar-refractivity contribution in [1.29, 1.82) is 0 Å². The summed E-state index contributed by atoms with van der Waals surface area (Å²) in [5.41, 5.74) is -0.0816. The first kappa shape index (κ1) is 19.8. The molecule has 4 nitrogen and oxygen atoms in total. The van der Waals surface area contributed by atoms with E-state index < -0.39 is 23.6 Å². The maximum absolute atomic E-state index is 12.5. The van der Waals surface area contributed by atoms with Gasteiger partial charge in [0.05, 0.1) is 18.2 Å². The molecular formula is C18H16ClF3N2O2. The van der Waals surface area contributed by atoms with Gasteiger partial charge >= 0.3 is 6.18 Å². The van der Waals surface area contributed by atoms with Gasteiger partial charge in [0, 0.05) is 10.6 Å². The minimum atomic E-state index is -4.47. The topological polar surface area (TPSA) is 58.2 Å². The number of benzene rings is 2. The lowest BCUT2D eigenvalue weighted by atomic mass is 10.1. The molecule has 138 valence electrons. The third kappa shape index (κ3) is 5.23. The Morgan fingerprint density at radius 3 is 2.27 bits per heavy atom. The van der Waals surface area contributed by atoms with Crippen molar-refractivity contribution in [2.75, 3.05) is 6.54 Å². The SMILES string of the molecule is CC(NC(=O)CNC(=O)c1ccc(C(F)(F)F)cc1)c1ccccc1Cl. The molecule has 26 heavy (non-hydrogen) atoms. The molecule has 0 heterocycles. The highest BCUT2D eigenvalue weighted by molar-refractivity contribution is 6.31. The van der Waals surface area contributed by atoms with Crippen LogP contribution in [0.4, 0.5) is 13.2 Å². The molecule has 0 aliphatic heterocycles. The number of rotatable bonds is 5. The van der Waals surface area contributed by atoms with E-state index >= 15 is 0 Å². The Hall–Kier alpha value is -2.54. The lowest BCUT2D eigenvalue weighted by Gasteiger charge is -2.16. The summed E-state index contributed by atoms with van der Waals surface area (Å²) in [4.78, 5) is 23.9. The summed E-state index contributed by atoms with van der Waals surface area (Å²) in [6.07, 6.45) is -4.47. The second-order valence-corrected chi connectivity index (χ2v) is 5.98. The van der Waals surface area contributed by atoms with Crippen molar-refractivity contribution in [2.45, 2.75) is 19.1 Å². The van der Waals surface area contributed by atoms with E-state index in [2.05, 4.69) is 10.6 Å². The fourth-order valence-corrected chi connectivity index (χ4v) is 2.57. The average Bonchev–Trinajstić information content (AvgIpc) is 2.59.